The first-order chi connectivity index (χ1) is 14.4. The van der Waals surface area contributed by atoms with Crippen LogP contribution in [0.25, 0.3) is 6.08 Å². The molecule has 1 aliphatic rings. The number of ether oxygens (including phenoxy) is 1. The Balaban J connectivity index is 1.78. The minimum Gasteiger partial charge on any atom is -0.378 e. The van der Waals surface area contributed by atoms with Gasteiger partial charge in [0.1, 0.15) is 5.70 Å². The van der Waals surface area contributed by atoms with Gasteiger partial charge in [-0.1, -0.05) is 29.8 Å². The van der Waals surface area contributed by atoms with Gasteiger partial charge in [-0.05, 0) is 55.7 Å². The van der Waals surface area contributed by atoms with Crippen LogP contribution in [0.2, 0.25) is 0 Å². The summed E-state index contributed by atoms with van der Waals surface area (Å²) in [6, 6.07) is 15.0. The highest BCUT2D eigenvalue weighted by molar-refractivity contribution is 6.05. The molecule has 0 bridgehead atoms. The molecule has 2 N–H and O–H groups in total. The predicted octanol–water partition coefficient (Wildman–Crippen LogP) is 3.13. The highest BCUT2D eigenvalue weighted by atomic mass is 16.5. The molecular formula is C24H29N3O3. The van der Waals surface area contributed by atoms with Crippen LogP contribution < -0.4 is 15.5 Å². The summed E-state index contributed by atoms with van der Waals surface area (Å²) >= 11 is 0. The largest absolute Gasteiger partial charge is 0.378 e. The van der Waals surface area contributed by atoms with E-state index in [1.807, 2.05) is 62.3 Å². The van der Waals surface area contributed by atoms with E-state index in [4.69, 9.17) is 4.74 Å². The van der Waals surface area contributed by atoms with Crippen molar-refractivity contribution in [2.75, 3.05) is 32.1 Å². The molecule has 1 saturated heterocycles. The molecular weight excluding hydrogens is 378 g/mol. The molecule has 0 radical (unpaired) electrons. The number of anilines is 1. The summed E-state index contributed by atoms with van der Waals surface area (Å²) in [5.41, 5.74) is 3.66. The fourth-order valence-corrected chi connectivity index (χ4v) is 3.20. The number of benzene rings is 2. The molecule has 6 heteroatoms. The molecule has 2 amide bonds. The summed E-state index contributed by atoms with van der Waals surface area (Å²) in [6.07, 6.45) is 3.66. The van der Waals surface area contributed by atoms with E-state index >= 15 is 0 Å². The van der Waals surface area contributed by atoms with Crippen LogP contribution in [0.4, 0.5) is 5.69 Å². The van der Waals surface area contributed by atoms with Crippen LogP contribution in [0, 0.1) is 6.92 Å². The lowest BCUT2D eigenvalue weighted by Gasteiger charge is -2.15. The van der Waals surface area contributed by atoms with Crippen molar-refractivity contribution < 1.29 is 14.3 Å². The van der Waals surface area contributed by atoms with Gasteiger partial charge in [0.05, 0.1) is 6.10 Å². The van der Waals surface area contributed by atoms with E-state index in [1.165, 1.54) is 0 Å². The smallest absolute Gasteiger partial charge is 0.267 e. The number of nitrogens with zero attached hydrogens (tertiary/aromatic N) is 1. The van der Waals surface area contributed by atoms with Crippen LogP contribution in [0.3, 0.4) is 0 Å². The van der Waals surface area contributed by atoms with E-state index in [1.54, 1.807) is 18.2 Å². The lowest BCUT2D eigenvalue weighted by atomic mass is 10.1. The number of nitrogens with one attached hydrogen (secondary N) is 2. The SMILES string of the molecule is Cc1ccc(C(=O)N/C(=C\c2ccc(N(C)C)cc2)C(=O)NC[C@H]2CCCO2)cc1. The summed E-state index contributed by atoms with van der Waals surface area (Å²) in [7, 11) is 3.94. The maximum absolute atomic E-state index is 12.8. The summed E-state index contributed by atoms with van der Waals surface area (Å²) in [6.45, 7) is 3.12. The van der Waals surface area contributed by atoms with Gasteiger partial charge in [0.25, 0.3) is 11.8 Å². The molecule has 2 aromatic carbocycles. The van der Waals surface area contributed by atoms with Crippen LogP contribution >= 0.6 is 0 Å². The third kappa shape index (κ3) is 5.94. The average Bonchev–Trinajstić information content (AvgIpc) is 3.26. The number of hydrogen-bond acceptors (Lipinski definition) is 4. The molecule has 0 aliphatic carbocycles. The summed E-state index contributed by atoms with van der Waals surface area (Å²) in [5, 5.41) is 5.66. The van der Waals surface area contributed by atoms with Crippen molar-refractivity contribution in [3.05, 3.63) is 70.9 Å². The van der Waals surface area contributed by atoms with Crippen LogP contribution in [-0.4, -0.2) is 45.2 Å². The maximum atomic E-state index is 12.8. The minimum atomic E-state index is -0.331. The Morgan fingerprint density at radius 3 is 2.40 bits per heavy atom. The van der Waals surface area contributed by atoms with Crippen molar-refractivity contribution in [2.45, 2.75) is 25.9 Å². The molecule has 3 rings (SSSR count). The van der Waals surface area contributed by atoms with Crippen LogP contribution in [0.1, 0.15) is 34.3 Å². The second kappa shape index (κ2) is 10.1. The van der Waals surface area contributed by atoms with Crippen molar-refractivity contribution in [3.63, 3.8) is 0 Å². The predicted molar refractivity (Wildman–Crippen MR) is 119 cm³/mol. The second-order valence-electron chi connectivity index (χ2n) is 7.71. The number of aryl methyl sites for hydroxylation is 1. The highest BCUT2D eigenvalue weighted by Gasteiger charge is 2.19. The van der Waals surface area contributed by atoms with Gasteiger partial charge >= 0.3 is 0 Å². The van der Waals surface area contributed by atoms with Gasteiger partial charge < -0.3 is 20.3 Å². The summed E-state index contributed by atoms with van der Waals surface area (Å²) < 4.78 is 5.57. The fourth-order valence-electron chi connectivity index (χ4n) is 3.20. The quantitative estimate of drug-likeness (QED) is 0.692. The zero-order valence-corrected chi connectivity index (χ0v) is 17.8. The highest BCUT2D eigenvalue weighted by Crippen LogP contribution is 2.15. The van der Waals surface area contributed by atoms with Gasteiger partial charge in [-0.2, -0.15) is 0 Å². The molecule has 0 saturated carbocycles. The normalized spacial score (nSPS) is 16.2. The number of rotatable bonds is 7. The molecule has 0 aromatic heterocycles. The number of carbonyl (C=O) groups is 2. The van der Waals surface area contributed by atoms with Gasteiger partial charge in [-0.25, -0.2) is 0 Å². The first-order valence-electron chi connectivity index (χ1n) is 10.2. The summed E-state index contributed by atoms with van der Waals surface area (Å²) in [5.74, 6) is -0.652. The van der Waals surface area contributed by atoms with Crippen LogP contribution in [-0.2, 0) is 9.53 Å². The molecule has 158 valence electrons. The average molecular weight is 408 g/mol. The van der Waals surface area contributed by atoms with E-state index in [2.05, 4.69) is 10.6 Å². The topological polar surface area (TPSA) is 70.7 Å². The first-order valence-corrected chi connectivity index (χ1v) is 10.2. The Bertz CT molecular complexity index is 896. The fraction of sp³-hybridized carbons (Fsp3) is 0.333. The zero-order chi connectivity index (χ0) is 21.5. The van der Waals surface area contributed by atoms with E-state index in [9.17, 15) is 9.59 Å². The second-order valence-corrected chi connectivity index (χ2v) is 7.71. The van der Waals surface area contributed by atoms with Crippen molar-refractivity contribution in [1.82, 2.24) is 10.6 Å². The van der Waals surface area contributed by atoms with Gasteiger partial charge in [0, 0.05) is 38.5 Å². The molecule has 0 spiro atoms. The van der Waals surface area contributed by atoms with Gasteiger partial charge in [-0.3, -0.25) is 9.59 Å². The maximum Gasteiger partial charge on any atom is 0.267 e. The monoisotopic (exact) mass is 407 g/mol. The number of amides is 2. The third-order valence-corrected chi connectivity index (χ3v) is 5.04. The number of hydrogen-bond donors (Lipinski definition) is 2. The van der Waals surface area contributed by atoms with Crippen LogP contribution in [0.15, 0.2) is 54.2 Å². The van der Waals surface area contributed by atoms with Gasteiger partial charge in [-0.15, -0.1) is 0 Å². The van der Waals surface area contributed by atoms with Crippen molar-refractivity contribution >= 4 is 23.6 Å². The Hall–Kier alpha value is -3.12. The molecule has 30 heavy (non-hydrogen) atoms. The Labute approximate surface area is 177 Å². The Morgan fingerprint density at radius 2 is 1.80 bits per heavy atom. The van der Waals surface area contributed by atoms with E-state index in [0.29, 0.717) is 12.1 Å². The third-order valence-electron chi connectivity index (χ3n) is 5.04. The number of carbonyl (C=O) groups excluding carboxylic acids is 2. The zero-order valence-electron chi connectivity index (χ0n) is 17.8. The Kier molecular flexibility index (Phi) is 7.25. The van der Waals surface area contributed by atoms with Crippen molar-refractivity contribution in [1.29, 1.82) is 0 Å². The van der Waals surface area contributed by atoms with E-state index in [-0.39, 0.29) is 23.6 Å². The molecule has 0 unspecified atom stereocenters. The lowest BCUT2D eigenvalue weighted by Crippen LogP contribution is -2.38. The van der Waals surface area contributed by atoms with Crippen molar-refractivity contribution in [2.24, 2.45) is 0 Å². The molecule has 1 aliphatic heterocycles. The van der Waals surface area contributed by atoms with Gasteiger partial charge in [0.2, 0.25) is 0 Å². The molecule has 1 atom stereocenters. The lowest BCUT2D eigenvalue weighted by molar-refractivity contribution is -0.118. The molecule has 2 aromatic rings. The van der Waals surface area contributed by atoms with Crippen molar-refractivity contribution in [3.8, 4) is 0 Å². The van der Waals surface area contributed by atoms with Crippen LogP contribution in [0.5, 0.6) is 0 Å². The van der Waals surface area contributed by atoms with Gasteiger partial charge in [0.15, 0.2) is 0 Å². The molecule has 6 nitrogen and oxygen atoms in total. The summed E-state index contributed by atoms with van der Waals surface area (Å²) in [4.78, 5) is 27.5. The Morgan fingerprint density at radius 1 is 1.10 bits per heavy atom. The standard InChI is InChI=1S/C24H29N3O3/c1-17-6-10-19(11-7-17)23(28)26-22(24(29)25-16-21-5-4-14-30-21)15-18-8-12-20(13-9-18)27(2)3/h6-13,15,21H,4-5,14,16H2,1-3H3,(H,25,29)(H,26,28)/b22-15-/t21-/m1/s1. The molecule has 1 fully saturated rings. The minimum absolute atomic E-state index is 0.0300. The van der Waals surface area contributed by atoms with E-state index in [0.717, 1.165) is 36.3 Å². The molecule has 1 heterocycles. The van der Waals surface area contributed by atoms with E-state index < -0.39 is 0 Å². The first kappa shape index (κ1) is 21.6.